The van der Waals surface area contributed by atoms with Crippen LogP contribution in [0, 0.1) is 0 Å². The maximum Gasteiger partial charge on any atom is 0.321 e. The zero-order valence-corrected chi connectivity index (χ0v) is 17.5. The Bertz CT molecular complexity index is 961. The molecule has 2 rings (SSSR count). The van der Waals surface area contributed by atoms with Crippen molar-refractivity contribution in [2.45, 2.75) is 11.3 Å². The molecule has 2 aromatic carbocycles. The van der Waals surface area contributed by atoms with Gasteiger partial charge in [0.2, 0.25) is 10.0 Å². The average Bonchev–Trinajstić information content (AvgIpc) is 2.73. The Kier molecular flexibility index (Phi) is 7.74. The molecular weight excluding hydrogens is 394 g/mol. The maximum atomic E-state index is 12.9. The number of benzene rings is 2. The quantitative estimate of drug-likeness (QED) is 0.597. The summed E-state index contributed by atoms with van der Waals surface area (Å²) in [5, 5.41) is 5.59. The molecule has 0 aliphatic rings. The van der Waals surface area contributed by atoms with Crippen molar-refractivity contribution >= 4 is 27.6 Å². The molecular formula is C20H25N3O5S. The van der Waals surface area contributed by atoms with Crippen molar-refractivity contribution in [2.75, 3.05) is 39.6 Å². The molecule has 0 atom stereocenters. The van der Waals surface area contributed by atoms with Gasteiger partial charge in [-0.25, -0.2) is 8.42 Å². The number of ether oxygens (including phenoxy) is 1. The fraction of sp³-hybridized carbons (Fsp3) is 0.300. The van der Waals surface area contributed by atoms with Crippen LogP contribution in [-0.4, -0.2) is 58.9 Å². The number of amides is 1. The van der Waals surface area contributed by atoms with Crippen LogP contribution < -0.4 is 10.6 Å². The Balaban J connectivity index is 2.18. The molecule has 0 radical (unpaired) electrons. The van der Waals surface area contributed by atoms with Crippen LogP contribution in [0.25, 0.3) is 0 Å². The van der Waals surface area contributed by atoms with Crippen LogP contribution in [0.3, 0.4) is 0 Å². The molecule has 0 fully saturated rings. The van der Waals surface area contributed by atoms with Gasteiger partial charge in [-0.15, -0.1) is 0 Å². The number of esters is 1. The fourth-order valence-corrected chi connectivity index (χ4v) is 3.98. The van der Waals surface area contributed by atoms with E-state index in [-0.39, 0.29) is 16.4 Å². The van der Waals surface area contributed by atoms with Crippen LogP contribution in [0.5, 0.6) is 0 Å². The number of rotatable bonds is 9. The van der Waals surface area contributed by atoms with Crippen molar-refractivity contribution in [2.24, 2.45) is 0 Å². The smallest absolute Gasteiger partial charge is 0.321 e. The maximum absolute atomic E-state index is 12.9. The van der Waals surface area contributed by atoms with Gasteiger partial charge in [-0.3, -0.25) is 9.59 Å². The number of anilines is 1. The number of methoxy groups -OCH3 is 1. The molecule has 29 heavy (non-hydrogen) atoms. The number of likely N-dealkylation sites (N-methyl/N-ethyl adjacent to an activating group) is 1. The second-order valence-corrected chi connectivity index (χ2v) is 8.30. The molecule has 9 heteroatoms. The van der Waals surface area contributed by atoms with E-state index in [2.05, 4.69) is 15.4 Å². The molecule has 2 N–H and O–H groups in total. The Morgan fingerprint density at radius 1 is 1.10 bits per heavy atom. The minimum absolute atomic E-state index is 0.0953. The molecule has 0 aliphatic heterocycles. The number of nitrogens with one attached hydrogen (secondary N) is 2. The lowest BCUT2D eigenvalue weighted by atomic mass is 10.1. The van der Waals surface area contributed by atoms with Gasteiger partial charge in [0.25, 0.3) is 5.91 Å². The van der Waals surface area contributed by atoms with Crippen molar-refractivity contribution in [3.8, 4) is 0 Å². The average molecular weight is 420 g/mol. The summed E-state index contributed by atoms with van der Waals surface area (Å²) >= 11 is 0. The van der Waals surface area contributed by atoms with Crippen molar-refractivity contribution in [1.82, 2.24) is 9.62 Å². The third-order valence-corrected chi connectivity index (χ3v) is 6.17. The molecule has 0 aliphatic carbocycles. The van der Waals surface area contributed by atoms with Gasteiger partial charge in [0.05, 0.1) is 12.8 Å². The van der Waals surface area contributed by atoms with E-state index in [4.69, 9.17) is 0 Å². The summed E-state index contributed by atoms with van der Waals surface area (Å²) in [7, 11) is 0.0201. The second kappa shape index (κ2) is 10.0. The molecule has 2 aromatic rings. The molecule has 0 aromatic heterocycles. The summed E-state index contributed by atoms with van der Waals surface area (Å²) in [4.78, 5) is 23.9. The number of carbonyl (C=O) groups is 2. The van der Waals surface area contributed by atoms with E-state index < -0.39 is 22.5 Å². The predicted molar refractivity (Wildman–Crippen MR) is 110 cm³/mol. The van der Waals surface area contributed by atoms with Crippen LogP contribution in [-0.2, 0) is 26.0 Å². The van der Waals surface area contributed by atoms with E-state index in [1.165, 1.54) is 26.3 Å². The Labute approximate surface area is 170 Å². The van der Waals surface area contributed by atoms with Crippen LogP contribution in [0.1, 0.15) is 15.9 Å². The molecule has 156 valence electrons. The van der Waals surface area contributed by atoms with Crippen LogP contribution >= 0.6 is 0 Å². The molecule has 0 saturated carbocycles. The SMILES string of the molecule is CNc1ccc(C(=O)NCCc2ccccc2)cc1S(=O)(=O)N(C)CC(=O)OC. The van der Waals surface area contributed by atoms with Gasteiger partial charge in [-0.1, -0.05) is 30.3 Å². The highest BCUT2D eigenvalue weighted by atomic mass is 32.2. The van der Waals surface area contributed by atoms with Crippen molar-refractivity contribution in [3.05, 3.63) is 59.7 Å². The summed E-state index contributed by atoms with van der Waals surface area (Å²) in [5.74, 6) is -1.06. The summed E-state index contributed by atoms with van der Waals surface area (Å²) in [5.41, 5.74) is 1.62. The molecule has 8 nitrogen and oxygen atoms in total. The molecule has 0 heterocycles. The number of carbonyl (C=O) groups excluding carboxylic acids is 2. The van der Waals surface area contributed by atoms with E-state index in [0.29, 0.717) is 18.7 Å². The number of hydrogen-bond acceptors (Lipinski definition) is 6. The Morgan fingerprint density at radius 3 is 2.41 bits per heavy atom. The first-order valence-corrected chi connectivity index (χ1v) is 10.4. The van der Waals surface area contributed by atoms with Gasteiger partial charge in [0, 0.05) is 26.2 Å². The Hall–Kier alpha value is -2.91. The number of nitrogens with zero attached hydrogens (tertiary/aromatic N) is 1. The van der Waals surface area contributed by atoms with E-state index >= 15 is 0 Å². The summed E-state index contributed by atoms with van der Waals surface area (Å²) in [6.45, 7) is -0.0174. The second-order valence-electron chi connectivity index (χ2n) is 6.29. The molecule has 1 amide bonds. The standard InChI is InChI=1S/C20H25N3O5S/c1-21-17-10-9-16(20(25)22-12-11-15-7-5-4-6-8-15)13-18(17)29(26,27)23(2)14-19(24)28-3/h4-10,13,21H,11-12,14H2,1-3H3,(H,22,25). The van der Waals surface area contributed by atoms with Gasteiger partial charge < -0.3 is 15.4 Å². The summed E-state index contributed by atoms with van der Waals surface area (Å²) in [6, 6.07) is 14.1. The molecule has 0 spiro atoms. The summed E-state index contributed by atoms with van der Waals surface area (Å²) in [6.07, 6.45) is 0.661. The minimum atomic E-state index is -4.02. The zero-order chi connectivity index (χ0) is 21.4. The Morgan fingerprint density at radius 2 is 1.79 bits per heavy atom. The lowest BCUT2D eigenvalue weighted by molar-refractivity contribution is -0.140. The number of hydrogen-bond donors (Lipinski definition) is 2. The lowest BCUT2D eigenvalue weighted by Gasteiger charge is -2.19. The zero-order valence-electron chi connectivity index (χ0n) is 16.6. The van der Waals surface area contributed by atoms with Gasteiger partial charge in [-0.05, 0) is 30.2 Å². The first-order chi connectivity index (χ1) is 13.8. The van der Waals surface area contributed by atoms with Gasteiger partial charge in [0.15, 0.2) is 0 Å². The molecule has 0 saturated heterocycles. The number of sulfonamides is 1. The van der Waals surface area contributed by atoms with Gasteiger partial charge in [-0.2, -0.15) is 4.31 Å². The third-order valence-electron chi connectivity index (χ3n) is 4.32. The van der Waals surface area contributed by atoms with Crippen molar-refractivity contribution < 1.29 is 22.7 Å². The highest BCUT2D eigenvalue weighted by Gasteiger charge is 2.27. The van der Waals surface area contributed by atoms with Crippen LogP contribution in [0.15, 0.2) is 53.4 Å². The molecule has 0 bridgehead atoms. The fourth-order valence-electron chi connectivity index (χ4n) is 2.65. The van der Waals surface area contributed by atoms with Crippen molar-refractivity contribution in [1.29, 1.82) is 0 Å². The summed E-state index contributed by atoms with van der Waals surface area (Å²) < 4.78 is 31.2. The highest BCUT2D eigenvalue weighted by molar-refractivity contribution is 7.89. The van der Waals surface area contributed by atoms with Crippen LogP contribution in [0.2, 0.25) is 0 Å². The van der Waals surface area contributed by atoms with E-state index in [9.17, 15) is 18.0 Å². The first-order valence-electron chi connectivity index (χ1n) is 8.96. The highest BCUT2D eigenvalue weighted by Crippen LogP contribution is 2.25. The van der Waals surface area contributed by atoms with E-state index in [1.54, 1.807) is 13.1 Å². The van der Waals surface area contributed by atoms with E-state index in [0.717, 1.165) is 9.87 Å². The minimum Gasteiger partial charge on any atom is -0.468 e. The van der Waals surface area contributed by atoms with E-state index in [1.807, 2.05) is 30.3 Å². The normalized spacial score (nSPS) is 11.2. The van der Waals surface area contributed by atoms with Crippen LogP contribution in [0.4, 0.5) is 5.69 Å². The lowest BCUT2D eigenvalue weighted by Crippen LogP contribution is -2.33. The largest absolute Gasteiger partial charge is 0.468 e. The van der Waals surface area contributed by atoms with Gasteiger partial charge in [0.1, 0.15) is 11.4 Å². The topological polar surface area (TPSA) is 105 Å². The van der Waals surface area contributed by atoms with Gasteiger partial charge >= 0.3 is 5.97 Å². The predicted octanol–water partition coefficient (Wildman–Crippen LogP) is 1.49. The first kappa shape index (κ1) is 22.4. The molecule has 0 unspecified atom stereocenters. The monoisotopic (exact) mass is 419 g/mol. The van der Waals surface area contributed by atoms with Crippen molar-refractivity contribution in [3.63, 3.8) is 0 Å². The third kappa shape index (κ3) is 5.78.